The lowest BCUT2D eigenvalue weighted by molar-refractivity contribution is 0.0618. The first-order valence-electron chi connectivity index (χ1n) is 12.4. The van der Waals surface area contributed by atoms with Crippen LogP contribution in [0.2, 0.25) is 0 Å². The standard InChI is InChI=1S/C28H35N5O/c1-4-5-6-24-32-25-26(33(24)17-28(2,3)34)22-10-8-19(15-23(22)31-27(25)29)13-18-7-9-21-16-30-12-11-20(21)14-18/h7-10,14-15,30,34H,4-6,11-13,16-17H2,1-3H3,(H2,29,31). The Morgan fingerprint density at radius 3 is 2.68 bits per heavy atom. The van der Waals surface area contributed by atoms with Gasteiger partial charge in [0, 0.05) is 18.4 Å². The molecule has 0 amide bonds. The average Bonchev–Trinajstić information content (AvgIpc) is 3.15. The molecule has 6 heteroatoms. The van der Waals surface area contributed by atoms with Crippen molar-refractivity contribution in [1.29, 1.82) is 0 Å². The molecule has 0 saturated heterocycles. The van der Waals surface area contributed by atoms with Crippen LogP contribution in [0.15, 0.2) is 36.4 Å². The summed E-state index contributed by atoms with van der Waals surface area (Å²) < 4.78 is 2.16. The van der Waals surface area contributed by atoms with Gasteiger partial charge in [0.25, 0.3) is 0 Å². The molecule has 6 nitrogen and oxygen atoms in total. The van der Waals surface area contributed by atoms with Gasteiger partial charge in [-0.2, -0.15) is 0 Å². The van der Waals surface area contributed by atoms with Crippen LogP contribution in [0.4, 0.5) is 5.82 Å². The van der Waals surface area contributed by atoms with Crippen molar-refractivity contribution in [3.63, 3.8) is 0 Å². The largest absolute Gasteiger partial charge is 0.389 e. The van der Waals surface area contributed by atoms with Crippen LogP contribution in [0.3, 0.4) is 0 Å². The number of nitrogens with zero attached hydrogens (tertiary/aromatic N) is 3. The van der Waals surface area contributed by atoms with Crippen molar-refractivity contribution >= 4 is 27.8 Å². The number of hydrogen-bond donors (Lipinski definition) is 3. The summed E-state index contributed by atoms with van der Waals surface area (Å²) in [5.74, 6) is 1.42. The summed E-state index contributed by atoms with van der Waals surface area (Å²) in [5.41, 5.74) is 13.5. The fourth-order valence-corrected chi connectivity index (χ4v) is 5.07. The van der Waals surface area contributed by atoms with E-state index in [4.69, 9.17) is 15.7 Å². The van der Waals surface area contributed by atoms with Gasteiger partial charge in [-0.05, 0) is 68.0 Å². The molecular formula is C28H35N5O. The predicted molar refractivity (Wildman–Crippen MR) is 139 cm³/mol. The van der Waals surface area contributed by atoms with Gasteiger partial charge < -0.3 is 20.7 Å². The normalized spacial score (nSPS) is 14.1. The first kappa shape index (κ1) is 22.8. The quantitative estimate of drug-likeness (QED) is 0.380. The van der Waals surface area contributed by atoms with E-state index in [2.05, 4.69) is 53.2 Å². The second-order valence-corrected chi connectivity index (χ2v) is 10.3. The molecule has 0 fully saturated rings. The van der Waals surface area contributed by atoms with Gasteiger partial charge in [0.2, 0.25) is 0 Å². The summed E-state index contributed by atoms with van der Waals surface area (Å²) in [6, 6.07) is 13.3. The third kappa shape index (κ3) is 4.52. The van der Waals surface area contributed by atoms with Crippen LogP contribution in [-0.4, -0.2) is 31.8 Å². The number of unbranched alkanes of at least 4 members (excludes halogenated alkanes) is 1. The summed E-state index contributed by atoms with van der Waals surface area (Å²) in [4.78, 5) is 9.61. The van der Waals surface area contributed by atoms with Crippen LogP contribution in [0.1, 0.15) is 61.7 Å². The van der Waals surface area contributed by atoms with Crippen molar-refractivity contribution in [1.82, 2.24) is 19.9 Å². The summed E-state index contributed by atoms with van der Waals surface area (Å²) >= 11 is 0. The van der Waals surface area contributed by atoms with Crippen LogP contribution in [0.5, 0.6) is 0 Å². The van der Waals surface area contributed by atoms with Gasteiger partial charge >= 0.3 is 0 Å². The molecule has 1 aliphatic rings. The molecule has 0 bridgehead atoms. The maximum absolute atomic E-state index is 10.6. The van der Waals surface area contributed by atoms with Crippen LogP contribution >= 0.6 is 0 Å². The lowest BCUT2D eigenvalue weighted by Crippen LogP contribution is -2.27. The van der Waals surface area contributed by atoms with Crippen LogP contribution < -0.4 is 11.1 Å². The number of pyridine rings is 1. The fraction of sp³-hybridized carbons (Fsp3) is 0.429. The Balaban J connectivity index is 1.57. The maximum atomic E-state index is 10.6. The van der Waals surface area contributed by atoms with E-state index < -0.39 is 5.60 Å². The molecule has 5 rings (SSSR count). The number of aryl methyl sites for hydroxylation is 1. The van der Waals surface area contributed by atoms with Crippen LogP contribution in [0, 0.1) is 0 Å². The number of imidazole rings is 1. The topological polar surface area (TPSA) is 89.0 Å². The Labute approximate surface area is 201 Å². The zero-order valence-corrected chi connectivity index (χ0v) is 20.5. The van der Waals surface area contributed by atoms with Crippen molar-refractivity contribution in [2.75, 3.05) is 12.3 Å². The van der Waals surface area contributed by atoms with E-state index in [0.717, 1.165) is 73.0 Å². The number of anilines is 1. The second-order valence-electron chi connectivity index (χ2n) is 10.3. The van der Waals surface area contributed by atoms with E-state index in [1.54, 1.807) is 0 Å². The highest BCUT2D eigenvalue weighted by Crippen LogP contribution is 2.31. The van der Waals surface area contributed by atoms with Crippen molar-refractivity contribution in [2.45, 2.75) is 71.6 Å². The minimum atomic E-state index is -0.860. The highest BCUT2D eigenvalue weighted by Gasteiger charge is 2.22. The Bertz CT molecular complexity index is 1350. The van der Waals surface area contributed by atoms with Crippen LogP contribution in [-0.2, 0) is 32.4 Å². The molecule has 0 saturated carbocycles. The predicted octanol–water partition coefficient (Wildman–Crippen LogP) is 4.52. The molecule has 2 aromatic carbocycles. The molecule has 0 unspecified atom stereocenters. The average molecular weight is 458 g/mol. The number of benzene rings is 2. The number of nitrogens with one attached hydrogen (secondary N) is 1. The zero-order valence-electron chi connectivity index (χ0n) is 20.5. The zero-order chi connectivity index (χ0) is 23.9. The van der Waals surface area contributed by atoms with Gasteiger partial charge in [0.05, 0.1) is 23.2 Å². The highest BCUT2D eigenvalue weighted by atomic mass is 16.3. The number of nitrogens with two attached hydrogens (primary N) is 1. The van der Waals surface area contributed by atoms with E-state index in [1.165, 1.54) is 22.3 Å². The first-order valence-corrected chi connectivity index (χ1v) is 12.4. The molecule has 0 spiro atoms. The van der Waals surface area contributed by atoms with E-state index in [0.29, 0.717) is 12.4 Å². The Hall–Kier alpha value is -2.96. The number of rotatable bonds is 7. The molecule has 178 valence electrons. The molecule has 1 aliphatic heterocycles. The summed E-state index contributed by atoms with van der Waals surface area (Å²) in [7, 11) is 0. The third-order valence-electron chi connectivity index (χ3n) is 6.71. The summed E-state index contributed by atoms with van der Waals surface area (Å²) in [6.07, 6.45) is 4.93. The van der Waals surface area contributed by atoms with Crippen molar-refractivity contribution in [3.8, 4) is 0 Å². The van der Waals surface area contributed by atoms with Gasteiger partial charge in [0.15, 0.2) is 5.82 Å². The number of aromatic nitrogens is 3. The Morgan fingerprint density at radius 1 is 1.09 bits per heavy atom. The van der Waals surface area contributed by atoms with Crippen molar-refractivity contribution < 1.29 is 5.11 Å². The van der Waals surface area contributed by atoms with Crippen molar-refractivity contribution in [3.05, 3.63) is 64.5 Å². The molecule has 0 atom stereocenters. The Morgan fingerprint density at radius 2 is 1.88 bits per heavy atom. The molecule has 3 heterocycles. The highest BCUT2D eigenvalue weighted by molar-refractivity contribution is 6.06. The minimum absolute atomic E-state index is 0.452. The third-order valence-corrected chi connectivity index (χ3v) is 6.71. The molecule has 4 aromatic rings. The number of nitrogen functional groups attached to an aromatic ring is 1. The van der Waals surface area contributed by atoms with Gasteiger partial charge in [-0.3, -0.25) is 0 Å². The van der Waals surface area contributed by atoms with Gasteiger partial charge in [-0.1, -0.05) is 43.7 Å². The Kier molecular flexibility index (Phi) is 6.04. The lowest BCUT2D eigenvalue weighted by Gasteiger charge is -2.21. The molecule has 34 heavy (non-hydrogen) atoms. The van der Waals surface area contributed by atoms with Crippen molar-refractivity contribution in [2.24, 2.45) is 0 Å². The van der Waals surface area contributed by atoms with Gasteiger partial charge in [0.1, 0.15) is 11.3 Å². The number of hydrogen-bond acceptors (Lipinski definition) is 5. The number of fused-ring (bicyclic) bond motifs is 4. The number of aliphatic hydroxyl groups is 1. The molecule has 0 radical (unpaired) electrons. The van der Waals surface area contributed by atoms with Crippen LogP contribution in [0.25, 0.3) is 21.9 Å². The van der Waals surface area contributed by atoms with Gasteiger partial charge in [-0.25, -0.2) is 9.97 Å². The van der Waals surface area contributed by atoms with E-state index >= 15 is 0 Å². The fourth-order valence-electron chi connectivity index (χ4n) is 5.07. The summed E-state index contributed by atoms with van der Waals surface area (Å²) in [6.45, 7) is 8.32. The second kappa shape index (κ2) is 9.01. The van der Waals surface area contributed by atoms with E-state index in [9.17, 15) is 5.11 Å². The molecule has 2 aromatic heterocycles. The van der Waals surface area contributed by atoms with E-state index in [1.807, 2.05) is 13.8 Å². The monoisotopic (exact) mass is 457 g/mol. The maximum Gasteiger partial charge on any atom is 0.152 e. The summed E-state index contributed by atoms with van der Waals surface area (Å²) in [5, 5.41) is 15.1. The van der Waals surface area contributed by atoms with E-state index in [-0.39, 0.29) is 0 Å². The lowest BCUT2D eigenvalue weighted by atomic mass is 9.95. The molecule has 4 N–H and O–H groups in total. The molecular weight excluding hydrogens is 422 g/mol. The van der Waals surface area contributed by atoms with Gasteiger partial charge in [-0.15, -0.1) is 0 Å². The minimum Gasteiger partial charge on any atom is -0.389 e. The SMILES string of the molecule is CCCCc1nc2c(N)nc3cc(Cc4ccc5c(c4)CCNC5)ccc3c2n1CC(C)(C)O. The smallest absolute Gasteiger partial charge is 0.152 e. The molecule has 0 aliphatic carbocycles. The first-order chi connectivity index (χ1) is 16.3.